The molecule has 0 bridgehead atoms. The van der Waals surface area contributed by atoms with E-state index in [0.717, 1.165) is 17.3 Å². The molecule has 3 N–H and O–H groups in total. The summed E-state index contributed by atoms with van der Waals surface area (Å²) < 4.78 is 1.92. The van der Waals surface area contributed by atoms with E-state index in [-0.39, 0.29) is 0 Å². The van der Waals surface area contributed by atoms with Gasteiger partial charge in [0, 0.05) is 12.7 Å². The standard InChI is InChI=1S/C13H16N2O2/c1-2-9-4-3-5-10-6-7-15(12(9)10)8-11(14)13(16)17/h3-7,11H,2,8,14H2,1H3,(H,16,17). The van der Waals surface area contributed by atoms with Crippen LogP contribution in [0, 0.1) is 0 Å². The van der Waals surface area contributed by atoms with Crippen molar-refractivity contribution in [1.29, 1.82) is 0 Å². The highest BCUT2D eigenvalue weighted by molar-refractivity contribution is 5.83. The van der Waals surface area contributed by atoms with Crippen molar-refractivity contribution in [2.75, 3.05) is 0 Å². The van der Waals surface area contributed by atoms with Gasteiger partial charge in [0.1, 0.15) is 6.04 Å². The van der Waals surface area contributed by atoms with Gasteiger partial charge in [-0.2, -0.15) is 0 Å². The van der Waals surface area contributed by atoms with Crippen LogP contribution in [0.15, 0.2) is 30.5 Å². The maximum atomic E-state index is 10.8. The van der Waals surface area contributed by atoms with Crippen molar-refractivity contribution in [3.05, 3.63) is 36.0 Å². The van der Waals surface area contributed by atoms with Crippen molar-refractivity contribution in [1.82, 2.24) is 4.57 Å². The lowest BCUT2D eigenvalue weighted by molar-refractivity contribution is -0.138. The minimum absolute atomic E-state index is 0.301. The summed E-state index contributed by atoms with van der Waals surface area (Å²) in [6.45, 7) is 2.39. The average Bonchev–Trinajstić information content (AvgIpc) is 2.72. The molecule has 4 nitrogen and oxygen atoms in total. The van der Waals surface area contributed by atoms with Crippen molar-refractivity contribution >= 4 is 16.9 Å². The first-order valence-corrected chi connectivity index (χ1v) is 5.68. The average molecular weight is 232 g/mol. The van der Waals surface area contributed by atoms with Crippen LogP contribution in [-0.4, -0.2) is 21.7 Å². The number of para-hydroxylation sites is 1. The Balaban J connectivity index is 2.44. The topological polar surface area (TPSA) is 68.2 Å². The molecule has 17 heavy (non-hydrogen) atoms. The molecule has 1 heterocycles. The lowest BCUT2D eigenvalue weighted by Gasteiger charge is -2.11. The minimum Gasteiger partial charge on any atom is -0.480 e. The number of rotatable bonds is 4. The van der Waals surface area contributed by atoms with Gasteiger partial charge in [0.15, 0.2) is 0 Å². The molecule has 90 valence electrons. The molecule has 0 aliphatic carbocycles. The predicted molar refractivity (Wildman–Crippen MR) is 66.9 cm³/mol. The number of fused-ring (bicyclic) bond motifs is 1. The smallest absolute Gasteiger partial charge is 0.322 e. The Morgan fingerprint density at radius 3 is 2.88 bits per heavy atom. The number of carboxylic acid groups (broad SMARTS) is 1. The van der Waals surface area contributed by atoms with E-state index in [0.29, 0.717) is 6.54 Å². The monoisotopic (exact) mass is 232 g/mol. The quantitative estimate of drug-likeness (QED) is 0.841. The van der Waals surface area contributed by atoms with Crippen LogP contribution in [0.3, 0.4) is 0 Å². The fourth-order valence-corrected chi connectivity index (χ4v) is 2.07. The molecular formula is C13H16N2O2. The summed E-state index contributed by atoms with van der Waals surface area (Å²) in [4.78, 5) is 10.8. The molecule has 0 radical (unpaired) electrons. The van der Waals surface area contributed by atoms with Crippen LogP contribution in [0.4, 0.5) is 0 Å². The summed E-state index contributed by atoms with van der Waals surface area (Å²) >= 11 is 0. The molecule has 0 aliphatic rings. The third-order valence-corrected chi connectivity index (χ3v) is 2.96. The maximum Gasteiger partial charge on any atom is 0.322 e. The Labute approximate surface area is 99.7 Å². The number of aromatic nitrogens is 1. The van der Waals surface area contributed by atoms with Crippen molar-refractivity contribution in [3.63, 3.8) is 0 Å². The van der Waals surface area contributed by atoms with Crippen LogP contribution in [0.5, 0.6) is 0 Å². The molecule has 0 amide bonds. The van der Waals surface area contributed by atoms with Crippen molar-refractivity contribution < 1.29 is 9.90 Å². The molecule has 2 aromatic rings. The Morgan fingerprint density at radius 2 is 2.24 bits per heavy atom. The molecule has 1 unspecified atom stereocenters. The molecular weight excluding hydrogens is 216 g/mol. The first-order valence-electron chi connectivity index (χ1n) is 5.68. The van der Waals surface area contributed by atoms with Crippen LogP contribution in [0.1, 0.15) is 12.5 Å². The first kappa shape index (κ1) is 11.7. The van der Waals surface area contributed by atoms with Gasteiger partial charge < -0.3 is 15.4 Å². The molecule has 1 aromatic heterocycles. The van der Waals surface area contributed by atoms with Crippen molar-refractivity contribution in [2.45, 2.75) is 25.9 Å². The summed E-state index contributed by atoms with van der Waals surface area (Å²) in [5, 5.41) is 9.97. The summed E-state index contributed by atoms with van der Waals surface area (Å²) in [5.41, 5.74) is 7.87. The molecule has 0 saturated carbocycles. The number of carboxylic acids is 1. The molecule has 1 atom stereocenters. The number of carbonyl (C=O) groups is 1. The van der Waals surface area contributed by atoms with Crippen LogP contribution in [0.25, 0.3) is 10.9 Å². The summed E-state index contributed by atoms with van der Waals surface area (Å²) in [6, 6.07) is 7.23. The fourth-order valence-electron chi connectivity index (χ4n) is 2.07. The van der Waals surface area contributed by atoms with Gasteiger partial charge in [0.05, 0.1) is 5.52 Å². The van der Waals surface area contributed by atoms with E-state index in [1.807, 2.05) is 29.0 Å². The van der Waals surface area contributed by atoms with E-state index in [1.54, 1.807) is 0 Å². The zero-order valence-corrected chi connectivity index (χ0v) is 9.76. The van der Waals surface area contributed by atoms with E-state index in [4.69, 9.17) is 10.8 Å². The van der Waals surface area contributed by atoms with E-state index in [2.05, 4.69) is 13.0 Å². The molecule has 0 saturated heterocycles. The fraction of sp³-hybridized carbons (Fsp3) is 0.308. The molecule has 0 spiro atoms. The summed E-state index contributed by atoms with van der Waals surface area (Å²) in [5.74, 6) is -0.971. The van der Waals surface area contributed by atoms with Crippen molar-refractivity contribution in [2.24, 2.45) is 5.73 Å². The third-order valence-electron chi connectivity index (χ3n) is 2.96. The Morgan fingerprint density at radius 1 is 1.47 bits per heavy atom. The SMILES string of the molecule is CCc1cccc2ccn(CC(N)C(=O)O)c12. The summed E-state index contributed by atoms with van der Waals surface area (Å²) in [6.07, 6.45) is 2.82. The Bertz CT molecular complexity index is 545. The van der Waals surface area contributed by atoms with Gasteiger partial charge >= 0.3 is 5.97 Å². The highest BCUT2D eigenvalue weighted by Crippen LogP contribution is 2.21. The number of aryl methyl sites for hydroxylation is 1. The number of nitrogens with two attached hydrogens (primary N) is 1. The first-order chi connectivity index (χ1) is 8.13. The Hall–Kier alpha value is -1.81. The van der Waals surface area contributed by atoms with Crippen LogP contribution < -0.4 is 5.73 Å². The number of hydrogen-bond acceptors (Lipinski definition) is 2. The molecule has 0 aliphatic heterocycles. The highest BCUT2D eigenvalue weighted by atomic mass is 16.4. The van der Waals surface area contributed by atoms with Gasteiger partial charge in [-0.3, -0.25) is 4.79 Å². The lowest BCUT2D eigenvalue weighted by Crippen LogP contribution is -2.34. The van der Waals surface area contributed by atoms with E-state index >= 15 is 0 Å². The number of benzene rings is 1. The second kappa shape index (κ2) is 4.59. The molecule has 1 aromatic carbocycles. The zero-order valence-electron chi connectivity index (χ0n) is 9.76. The molecule has 4 heteroatoms. The number of nitrogens with zero attached hydrogens (tertiary/aromatic N) is 1. The summed E-state index contributed by atoms with van der Waals surface area (Å²) in [7, 11) is 0. The second-order valence-corrected chi connectivity index (χ2v) is 4.12. The third kappa shape index (κ3) is 2.17. The van der Waals surface area contributed by atoms with Gasteiger partial charge in [-0.15, -0.1) is 0 Å². The van der Waals surface area contributed by atoms with Crippen LogP contribution in [0.2, 0.25) is 0 Å². The second-order valence-electron chi connectivity index (χ2n) is 4.12. The molecule has 0 fully saturated rings. The Kier molecular flexibility index (Phi) is 3.15. The molecule has 2 rings (SSSR count). The largest absolute Gasteiger partial charge is 0.480 e. The zero-order chi connectivity index (χ0) is 12.4. The number of aliphatic carboxylic acids is 1. The van der Waals surface area contributed by atoms with Gasteiger partial charge in [-0.25, -0.2) is 0 Å². The normalized spacial score (nSPS) is 12.8. The van der Waals surface area contributed by atoms with Gasteiger partial charge in [0.2, 0.25) is 0 Å². The van der Waals surface area contributed by atoms with E-state index in [9.17, 15) is 4.79 Å². The lowest BCUT2D eigenvalue weighted by atomic mass is 10.1. The minimum atomic E-state index is -0.971. The predicted octanol–water partition coefficient (Wildman–Crippen LogP) is 1.62. The maximum absolute atomic E-state index is 10.8. The van der Waals surface area contributed by atoms with Crippen LogP contribution in [-0.2, 0) is 17.8 Å². The van der Waals surface area contributed by atoms with E-state index in [1.165, 1.54) is 5.56 Å². The van der Waals surface area contributed by atoms with Gasteiger partial charge in [-0.1, -0.05) is 25.1 Å². The highest BCUT2D eigenvalue weighted by Gasteiger charge is 2.14. The van der Waals surface area contributed by atoms with Gasteiger partial charge in [0.25, 0.3) is 0 Å². The van der Waals surface area contributed by atoms with Crippen LogP contribution >= 0.6 is 0 Å². The number of hydrogen-bond donors (Lipinski definition) is 2. The van der Waals surface area contributed by atoms with Crippen molar-refractivity contribution in [3.8, 4) is 0 Å². The van der Waals surface area contributed by atoms with Gasteiger partial charge in [-0.05, 0) is 23.4 Å². The van der Waals surface area contributed by atoms with E-state index < -0.39 is 12.0 Å².